The molecular formula is C14H24O12S3. The Labute approximate surface area is 179 Å². The van der Waals surface area contributed by atoms with Gasteiger partial charge in [-0.25, -0.2) is 0 Å². The number of hydrogen-bond acceptors (Lipinski definition) is 9. The molecule has 0 aliphatic carbocycles. The van der Waals surface area contributed by atoms with Gasteiger partial charge in [-0.15, -0.1) is 0 Å². The van der Waals surface area contributed by atoms with Crippen LogP contribution in [0.15, 0.2) is 0 Å². The third-order valence-corrected chi connectivity index (χ3v) is 4.04. The summed E-state index contributed by atoms with van der Waals surface area (Å²) in [5.74, 6) is -5.58. The topological polar surface area (TPSA) is 224 Å². The van der Waals surface area contributed by atoms with Gasteiger partial charge in [0.1, 0.15) is 11.5 Å². The summed E-state index contributed by atoms with van der Waals surface area (Å²) in [5.41, 5.74) is 0. The normalized spacial score (nSPS) is 8.48. The average molecular weight is 481 g/mol. The lowest BCUT2D eigenvalue weighted by atomic mass is 10.2. The Morgan fingerprint density at radius 1 is 0.621 bits per heavy atom. The highest BCUT2D eigenvalue weighted by atomic mass is 33.1. The Kier molecular flexibility index (Phi) is 30.7. The molecule has 0 aliphatic rings. The summed E-state index contributed by atoms with van der Waals surface area (Å²) in [6.45, 7) is 1.60. The first-order valence-electron chi connectivity index (χ1n) is 7.46. The van der Waals surface area contributed by atoms with Gasteiger partial charge in [-0.3, -0.25) is 28.8 Å². The standard InChI is InChI=1S/C5H8O4.C4H6O4S2.C3H6O2.C2H4O2S/c6-4(7)2-1-3-5(8)9;5-3(6)1-9-10-2-4(7)8;1-2-3(4)5;3-2(4)1-5/h1-3H2,(H,6,7)(H,8,9);1-2H2,(H,5,6)(H,7,8);2H2,1H3,(H,4,5);5H,1H2,(H,3,4). The predicted octanol–water partition coefficient (Wildman–Crippen LogP) is 1.34. The van der Waals surface area contributed by atoms with Crippen LogP contribution in [0.4, 0.5) is 0 Å². The molecule has 0 unspecified atom stereocenters. The molecule has 0 fully saturated rings. The van der Waals surface area contributed by atoms with Gasteiger partial charge in [0, 0.05) is 19.3 Å². The van der Waals surface area contributed by atoms with Crippen LogP contribution in [0, 0.1) is 0 Å². The van der Waals surface area contributed by atoms with Crippen molar-refractivity contribution in [2.45, 2.75) is 32.6 Å². The van der Waals surface area contributed by atoms with Crippen LogP contribution in [-0.2, 0) is 28.8 Å². The molecule has 0 bridgehead atoms. The van der Waals surface area contributed by atoms with E-state index in [2.05, 4.69) is 12.6 Å². The van der Waals surface area contributed by atoms with Crippen molar-refractivity contribution in [3.05, 3.63) is 0 Å². The van der Waals surface area contributed by atoms with Crippen molar-refractivity contribution in [1.29, 1.82) is 0 Å². The van der Waals surface area contributed by atoms with Crippen LogP contribution in [0.1, 0.15) is 32.6 Å². The summed E-state index contributed by atoms with van der Waals surface area (Å²) in [7, 11) is 2.05. The molecule has 0 radical (unpaired) electrons. The largest absolute Gasteiger partial charge is 0.481 e. The summed E-state index contributed by atoms with van der Waals surface area (Å²) in [4.78, 5) is 58.0. The smallest absolute Gasteiger partial charge is 0.314 e. The Bertz CT molecular complexity index is 466. The predicted molar refractivity (Wildman–Crippen MR) is 109 cm³/mol. The molecule has 0 atom stereocenters. The molecule has 6 N–H and O–H groups in total. The van der Waals surface area contributed by atoms with Crippen LogP contribution < -0.4 is 0 Å². The number of carboxylic acid groups (broad SMARTS) is 6. The second-order valence-electron chi connectivity index (χ2n) is 4.25. The SMILES string of the molecule is CCC(=O)O.O=C(O)CCCC(=O)O.O=C(O)CS.O=C(O)CSSCC(=O)O. The van der Waals surface area contributed by atoms with Gasteiger partial charge in [0.2, 0.25) is 0 Å². The van der Waals surface area contributed by atoms with Gasteiger partial charge < -0.3 is 30.6 Å². The zero-order valence-electron chi connectivity index (χ0n) is 15.3. The first kappa shape index (κ1) is 34.4. The first-order chi connectivity index (χ1) is 13.3. The summed E-state index contributed by atoms with van der Waals surface area (Å²) in [5, 5.41) is 47.6. The molecule has 0 aromatic carbocycles. The van der Waals surface area contributed by atoms with E-state index in [-0.39, 0.29) is 42.9 Å². The molecule has 15 heteroatoms. The number of aliphatic carboxylic acids is 6. The minimum absolute atomic E-state index is 0.0576. The van der Waals surface area contributed by atoms with Crippen molar-refractivity contribution in [1.82, 2.24) is 0 Å². The fourth-order valence-electron chi connectivity index (χ4n) is 0.575. The van der Waals surface area contributed by atoms with Crippen LogP contribution >= 0.6 is 34.2 Å². The zero-order chi connectivity index (χ0) is 23.8. The van der Waals surface area contributed by atoms with Crippen molar-refractivity contribution < 1.29 is 59.4 Å². The molecule has 0 saturated carbocycles. The summed E-state index contributed by atoms with van der Waals surface area (Å²) in [6, 6.07) is 0. The van der Waals surface area contributed by atoms with Gasteiger partial charge >= 0.3 is 35.8 Å². The van der Waals surface area contributed by atoms with Crippen LogP contribution in [-0.4, -0.2) is 83.7 Å². The second kappa shape index (κ2) is 25.9. The van der Waals surface area contributed by atoms with Crippen molar-refractivity contribution in [2.75, 3.05) is 17.3 Å². The van der Waals surface area contributed by atoms with Gasteiger partial charge in [-0.1, -0.05) is 28.5 Å². The third-order valence-electron chi connectivity index (χ3n) is 1.67. The quantitative estimate of drug-likeness (QED) is 0.126. The average Bonchev–Trinajstić information content (AvgIpc) is 2.59. The molecule has 0 spiro atoms. The van der Waals surface area contributed by atoms with E-state index in [0.29, 0.717) is 0 Å². The Hall–Kier alpha value is -2.13. The minimum Gasteiger partial charge on any atom is -0.481 e. The van der Waals surface area contributed by atoms with Gasteiger partial charge in [-0.2, -0.15) is 12.6 Å². The molecule has 0 aliphatic heterocycles. The van der Waals surface area contributed by atoms with Crippen molar-refractivity contribution in [3.8, 4) is 0 Å². The van der Waals surface area contributed by atoms with E-state index in [1.165, 1.54) is 0 Å². The van der Waals surface area contributed by atoms with Crippen LogP contribution in [0.3, 0.4) is 0 Å². The van der Waals surface area contributed by atoms with Gasteiger partial charge in [-0.05, 0) is 6.42 Å². The number of carbonyl (C=O) groups is 6. The fraction of sp³-hybridized carbons (Fsp3) is 0.571. The fourth-order valence-corrected chi connectivity index (χ4v) is 2.05. The van der Waals surface area contributed by atoms with E-state index in [1.807, 2.05) is 0 Å². The van der Waals surface area contributed by atoms with Crippen LogP contribution in [0.5, 0.6) is 0 Å². The molecule has 29 heavy (non-hydrogen) atoms. The number of rotatable bonds is 11. The van der Waals surface area contributed by atoms with Crippen LogP contribution in [0.25, 0.3) is 0 Å². The minimum atomic E-state index is -0.948. The van der Waals surface area contributed by atoms with E-state index < -0.39 is 35.8 Å². The van der Waals surface area contributed by atoms with Gasteiger partial charge in [0.25, 0.3) is 0 Å². The van der Waals surface area contributed by atoms with E-state index in [4.69, 9.17) is 30.6 Å². The highest BCUT2D eigenvalue weighted by molar-refractivity contribution is 8.77. The third kappa shape index (κ3) is 66.7. The zero-order valence-corrected chi connectivity index (χ0v) is 17.9. The van der Waals surface area contributed by atoms with Crippen molar-refractivity contribution in [2.24, 2.45) is 0 Å². The van der Waals surface area contributed by atoms with Crippen molar-refractivity contribution in [3.63, 3.8) is 0 Å². The van der Waals surface area contributed by atoms with Crippen LogP contribution in [0.2, 0.25) is 0 Å². The Balaban J connectivity index is -0.000000151. The molecule has 0 heterocycles. The Morgan fingerprint density at radius 2 is 0.897 bits per heavy atom. The van der Waals surface area contributed by atoms with Gasteiger partial charge in [0.05, 0.1) is 5.75 Å². The number of thiol groups is 1. The molecular weight excluding hydrogens is 456 g/mol. The van der Waals surface area contributed by atoms with E-state index >= 15 is 0 Å². The molecule has 0 rings (SSSR count). The lowest BCUT2D eigenvalue weighted by molar-refractivity contribution is -0.139. The summed E-state index contributed by atoms with van der Waals surface area (Å²) >= 11 is 3.42. The first-order valence-corrected chi connectivity index (χ1v) is 10.6. The highest BCUT2D eigenvalue weighted by Gasteiger charge is 2.00. The maximum atomic E-state index is 9.86. The maximum Gasteiger partial charge on any atom is 0.314 e. The summed E-state index contributed by atoms with van der Waals surface area (Å²) < 4.78 is 0. The molecule has 0 aromatic rings. The van der Waals surface area contributed by atoms with E-state index in [1.54, 1.807) is 6.92 Å². The molecule has 170 valence electrons. The Morgan fingerprint density at radius 3 is 1.03 bits per heavy atom. The summed E-state index contributed by atoms with van der Waals surface area (Å²) in [6.07, 6.45) is 0.309. The maximum absolute atomic E-state index is 9.86. The molecule has 0 saturated heterocycles. The van der Waals surface area contributed by atoms with Gasteiger partial charge in [0.15, 0.2) is 0 Å². The molecule has 0 aromatic heterocycles. The lowest BCUT2D eigenvalue weighted by Crippen LogP contribution is -1.99. The van der Waals surface area contributed by atoms with Crippen molar-refractivity contribution >= 4 is 70.0 Å². The number of carboxylic acids is 6. The second-order valence-corrected chi connectivity index (χ2v) is 7.03. The number of hydrogen-bond donors (Lipinski definition) is 7. The van der Waals surface area contributed by atoms with E-state index in [9.17, 15) is 28.8 Å². The lowest BCUT2D eigenvalue weighted by Gasteiger charge is -1.91. The highest BCUT2D eigenvalue weighted by Crippen LogP contribution is 2.19. The van der Waals surface area contributed by atoms with E-state index in [0.717, 1.165) is 21.6 Å². The monoisotopic (exact) mass is 480 g/mol. The molecule has 12 nitrogen and oxygen atoms in total. The molecule has 0 amide bonds.